The summed E-state index contributed by atoms with van der Waals surface area (Å²) in [6, 6.07) is 19.2. The smallest absolute Gasteiger partial charge is 0.250 e. The van der Waals surface area contributed by atoms with Gasteiger partial charge in [-0.2, -0.15) is 4.68 Å². The molecule has 228 valence electrons. The number of nitrogens with one attached hydrogen (secondary N) is 2. The number of para-hydroxylation sites is 1. The number of carbonyl (C=O) groups excluding carboxylic acids is 2. The largest absolute Gasteiger partial charge is 0.493 e. The molecule has 0 spiro atoms. The molecule has 12 heteroatoms. The second-order valence-electron chi connectivity index (χ2n) is 10.7. The molecule has 0 aliphatic carbocycles. The van der Waals surface area contributed by atoms with Crippen molar-refractivity contribution in [2.45, 2.75) is 31.7 Å². The monoisotopic (exact) mass is 597 g/mol. The molecule has 44 heavy (non-hydrogen) atoms. The van der Waals surface area contributed by atoms with Crippen molar-refractivity contribution in [2.24, 2.45) is 0 Å². The molecule has 6 rings (SSSR count). The highest BCUT2D eigenvalue weighted by Gasteiger charge is 2.26. The zero-order valence-electron chi connectivity index (χ0n) is 24.8. The summed E-state index contributed by atoms with van der Waals surface area (Å²) < 4.78 is 19.0. The lowest BCUT2D eigenvalue weighted by molar-refractivity contribution is -0.122. The highest BCUT2D eigenvalue weighted by atomic mass is 16.5. The predicted octanol–water partition coefficient (Wildman–Crippen LogP) is 3.25. The summed E-state index contributed by atoms with van der Waals surface area (Å²) in [4.78, 5) is 28.2. The van der Waals surface area contributed by atoms with E-state index in [1.165, 1.54) is 0 Å². The molecule has 2 aliphatic rings. The standard InChI is InChI=1S/C32H35N7O5/c1-42-28-19-21-8-11-29(40)33-14-16-38(32-35-36-37-39(32)23-6-4-3-5-7-23)15-12-30(41)34-26-13-17-44-27-10-9-22(20-25(26)27)24(18-21)31(28)43-2/h3-7,9-10,18-20,26H,8,11-17H2,1-2H3,(H,33,40)(H,34,41). The molecule has 3 heterocycles. The summed E-state index contributed by atoms with van der Waals surface area (Å²) in [5.74, 6) is 2.22. The molecule has 3 aromatic carbocycles. The first-order valence-corrected chi connectivity index (χ1v) is 14.7. The van der Waals surface area contributed by atoms with E-state index < -0.39 is 0 Å². The Morgan fingerprint density at radius 3 is 2.61 bits per heavy atom. The van der Waals surface area contributed by atoms with Gasteiger partial charge in [0, 0.05) is 50.0 Å². The number of anilines is 1. The number of amides is 2. The van der Waals surface area contributed by atoms with E-state index in [0.717, 1.165) is 33.7 Å². The van der Waals surface area contributed by atoms with Crippen molar-refractivity contribution in [3.8, 4) is 34.1 Å². The topological polar surface area (TPSA) is 133 Å². The maximum Gasteiger partial charge on any atom is 0.250 e. The third kappa shape index (κ3) is 6.14. The SMILES string of the molecule is COc1cc2cc(c1OC)-c1ccc3c(c1)C(CCO3)NC(=O)CCN(c1nnnn1-c1ccccc1)CCNC(=O)CC2. The van der Waals surface area contributed by atoms with Gasteiger partial charge in [-0.15, -0.1) is 0 Å². The first kappa shape index (κ1) is 29.0. The second-order valence-corrected chi connectivity index (χ2v) is 10.7. The van der Waals surface area contributed by atoms with E-state index in [-0.39, 0.29) is 24.3 Å². The normalized spacial score (nSPS) is 17.4. The molecule has 0 saturated carbocycles. The molecule has 12 nitrogen and oxygen atoms in total. The molecule has 1 atom stereocenters. The van der Waals surface area contributed by atoms with Gasteiger partial charge in [-0.1, -0.05) is 29.4 Å². The number of methoxy groups -OCH3 is 2. The van der Waals surface area contributed by atoms with Crippen LogP contribution in [0, 0.1) is 0 Å². The van der Waals surface area contributed by atoms with Crippen molar-refractivity contribution in [3.05, 3.63) is 71.8 Å². The zero-order chi connectivity index (χ0) is 30.5. The van der Waals surface area contributed by atoms with Gasteiger partial charge >= 0.3 is 0 Å². The average molecular weight is 598 g/mol. The van der Waals surface area contributed by atoms with Crippen LogP contribution in [-0.2, 0) is 16.0 Å². The molecule has 1 unspecified atom stereocenters. The van der Waals surface area contributed by atoms with Crippen LogP contribution in [0.25, 0.3) is 16.8 Å². The van der Waals surface area contributed by atoms with Gasteiger partial charge in [0.05, 0.1) is 32.6 Å². The number of aryl methyl sites for hydroxylation is 1. The number of fused-ring (bicyclic) bond motifs is 4. The summed E-state index contributed by atoms with van der Waals surface area (Å²) in [6.45, 7) is 1.62. The summed E-state index contributed by atoms with van der Waals surface area (Å²) in [5, 5.41) is 18.6. The van der Waals surface area contributed by atoms with Crippen LogP contribution < -0.4 is 29.7 Å². The summed E-state index contributed by atoms with van der Waals surface area (Å²) in [6.07, 6.45) is 1.65. The van der Waals surface area contributed by atoms with Gasteiger partial charge in [-0.05, 0) is 64.4 Å². The van der Waals surface area contributed by atoms with Crippen LogP contribution >= 0.6 is 0 Å². The van der Waals surface area contributed by atoms with Gasteiger partial charge in [0.2, 0.25) is 17.8 Å². The number of ether oxygens (including phenoxy) is 3. The number of rotatable bonds is 4. The number of carbonyl (C=O) groups is 2. The maximum absolute atomic E-state index is 13.4. The fraction of sp³-hybridized carbons (Fsp3) is 0.344. The van der Waals surface area contributed by atoms with Crippen LogP contribution in [0.3, 0.4) is 0 Å². The Hall–Kier alpha value is -5.13. The van der Waals surface area contributed by atoms with Gasteiger partial charge in [0.1, 0.15) is 5.75 Å². The molecular weight excluding hydrogens is 562 g/mol. The molecular formula is C32H35N7O5. The Labute approximate surface area is 255 Å². The Morgan fingerprint density at radius 2 is 1.80 bits per heavy atom. The van der Waals surface area contributed by atoms with Crippen LogP contribution in [-0.4, -0.2) is 72.5 Å². The number of hydrogen-bond acceptors (Lipinski definition) is 9. The van der Waals surface area contributed by atoms with E-state index in [0.29, 0.717) is 63.0 Å². The van der Waals surface area contributed by atoms with Crippen LogP contribution in [0.5, 0.6) is 17.2 Å². The molecule has 0 radical (unpaired) electrons. The van der Waals surface area contributed by atoms with E-state index >= 15 is 0 Å². The van der Waals surface area contributed by atoms with Crippen LogP contribution in [0.4, 0.5) is 5.95 Å². The molecule has 2 N–H and O–H groups in total. The maximum atomic E-state index is 13.4. The van der Waals surface area contributed by atoms with Crippen molar-refractivity contribution in [3.63, 3.8) is 0 Å². The van der Waals surface area contributed by atoms with Crippen LogP contribution in [0.2, 0.25) is 0 Å². The minimum Gasteiger partial charge on any atom is -0.493 e. The lowest BCUT2D eigenvalue weighted by Crippen LogP contribution is -2.39. The van der Waals surface area contributed by atoms with E-state index in [1.807, 2.05) is 65.6 Å². The first-order chi connectivity index (χ1) is 21.5. The quantitative estimate of drug-likeness (QED) is 0.364. The van der Waals surface area contributed by atoms with Crippen molar-refractivity contribution in [1.82, 2.24) is 30.8 Å². The Morgan fingerprint density at radius 1 is 0.932 bits per heavy atom. The third-order valence-electron chi connectivity index (χ3n) is 7.92. The first-order valence-electron chi connectivity index (χ1n) is 14.7. The number of benzene rings is 3. The molecule has 4 aromatic rings. The fourth-order valence-electron chi connectivity index (χ4n) is 5.70. The molecule has 2 aliphatic heterocycles. The Balaban J connectivity index is 1.34. The van der Waals surface area contributed by atoms with E-state index in [2.05, 4.69) is 26.2 Å². The van der Waals surface area contributed by atoms with Gasteiger partial charge in [0.15, 0.2) is 11.5 Å². The van der Waals surface area contributed by atoms with Crippen LogP contribution in [0.1, 0.15) is 36.4 Å². The fourth-order valence-corrected chi connectivity index (χ4v) is 5.70. The van der Waals surface area contributed by atoms with Gasteiger partial charge in [-0.3, -0.25) is 9.59 Å². The highest BCUT2D eigenvalue weighted by Crippen LogP contribution is 2.42. The lowest BCUT2D eigenvalue weighted by Gasteiger charge is -2.28. The molecule has 1 aromatic heterocycles. The second kappa shape index (κ2) is 13.0. The predicted molar refractivity (Wildman–Crippen MR) is 163 cm³/mol. The lowest BCUT2D eigenvalue weighted by atomic mass is 9.93. The highest BCUT2D eigenvalue weighted by molar-refractivity contribution is 5.79. The summed E-state index contributed by atoms with van der Waals surface area (Å²) in [5.41, 5.74) is 4.38. The van der Waals surface area contributed by atoms with E-state index in [4.69, 9.17) is 14.2 Å². The third-order valence-corrected chi connectivity index (χ3v) is 7.92. The van der Waals surface area contributed by atoms with Gasteiger partial charge < -0.3 is 29.7 Å². The van der Waals surface area contributed by atoms with Gasteiger partial charge in [-0.25, -0.2) is 0 Å². The summed E-state index contributed by atoms with van der Waals surface area (Å²) in [7, 11) is 3.21. The summed E-state index contributed by atoms with van der Waals surface area (Å²) >= 11 is 0. The van der Waals surface area contributed by atoms with E-state index in [1.54, 1.807) is 18.9 Å². The minimum atomic E-state index is -0.219. The Bertz CT molecular complexity index is 1640. The minimum absolute atomic E-state index is 0.0865. The average Bonchev–Trinajstić information content (AvgIpc) is 3.55. The molecule has 0 saturated heterocycles. The van der Waals surface area contributed by atoms with Crippen molar-refractivity contribution < 1.29 is 23.8 Å². The van der Waals surface area contributed by atoms with Gasteiger partial charge in [0.25, 0.3) is 0 Å². The van der Waals surface area contributed by atoms with Crippen molar-refractivity contribution >= 4 is 17.8 Å². The van der Waals surface area contributed by atoms with Crippen LogP contribution in [0.15, 0.2) is 60.7 Å². The Kier molecular flexibility index (Phi) is 8.57. The number of aromatic nitrogens is 4. The van der Waals surface area contributed by atoms with Crippen molar-refractivity contribution in [2.75, 3.05) is 45.4 Å². The molecule has 4 bridgehead atoms. The van der Waals surface area contributed by atoms with Crippen molar-refractivity contribution in [1.29, 1.82) is 0 Å². The molecule has 2 amide bonds. The van der Waals surface area contributed by atoms with E-state index in [9.17, 15) is 9.59 Å². The zero-order valence-corrected chi connectivity index (χ0v) is 24.8. The number of tetrazole rings is 1. The number of hydrogen-bond donors (Lipinski definition) is 2. The molecule has 0 fully saturated rings. The number of nitrogens with zero attached hydrogens (tertiary/aromatic N) is 5.